The first-order chi connectivity index (χ1) is 7.80. The highest BCUT2D eigenvalue weighted by atomic mass is 19.4. The molecule has 92 valence electrons. The van der Waals surface area contributed by atoms with Crippen LogP contribution in [0.15, 0.2) is 23.3 Å². The van der Waals surface area contributed by atoms with Crippen LogP contribution in [0.3, 0.4) is 0 Å². The zero-order valence-corrected chi connectivity index (χ0v) is 8.25. The van der Waals surface area contributed by atoms with Gasteiger partial charge in [-0.15, -0.1) is 0 Å². The summed E-state index contributed by atoms with van der Waals surface area (Å²) in [6.07, 6.45) is -3.76. The van der Waals surface area contributed by atoms with E-state index in [0.29, 0.717) is 12.1 Å². The third-order valence-electron chi connectivity index (χ3n) is 1.71. The normalized spacial score (nSPS) is 11.8. The number of carbonyl (C=O) groups excluding carboxylic acids is 1. The number of primary amides is 1. The fraction of sp³-hybridized carbons (Fsp3) is 0.111. The summed E-state index contributed by atoms with van der Waals surface area (Å²) in [4.78, 5) is 10.2. The minimum atomic E-state index is -4.61. The second-order valence-electron chi connectivity index (χ2n) is 2.97. The van der Waals surface area contributed by atoms with E-state index >= 15 is 0 Å². The number of rotatable bonds is 2. The molecule has 4 nitrogen and oxygen atoms in total. The molecule has 3 N–H and O–H groups in total. The van der Waals surface area contributed by atoms with Crippen molar-refractivity contribution < 1.29 is 22.4 Å². The summed E-state index contributed by atoms with van der Waals surface area (Å²) in [6, 6.07) is 0.971. The summed E-state index contributed by atoms with van der Waals surface area (Å²) in [5.41, 5.74) is 5.15. The molecule has 8 heteroatoms. The Kier molecular flexibility index (Phi) is 3.66. The van der Waals surface area contributed by atoms with Crippen molar-refractivity contribution in [3.05, 3.63) is 35.1 Å². The molecule has 0 unspecified atom stereocenters. The molecule has 0 heterocycles. The highest BCUT2D eigenvalue weighted by molar-refractivity contribution is 5.81. The molecule has 0 radical (unpaired) electrons. The van der Waals surface area contributed by atoms with Gasteiger partial charge >= 0.3 is 12.2 Å². The van der Waals surface area contributed by atoms with Gasteiger partial charge in [-0.05, 0) is 18.2 Å². The van der Waals surface area contributed by atoms with Crippen LogP contribution in [0.5, 0.6) is 0 Å². The fourth-order valence-corrected chi connectivity index (χ4v) is 0.974. The summed E-state index contributed by atoms with van der Waals surface area (Å²) in [5.74, 6) is -1.10. The molecule has 0 aromatic heterocycles. The number of hydrogen-bond donors (Lipinski definition) is 2. The van der Waals surface area contributed by atoms with Crippen molar-refractivity contribution in [2.45, 2.75) is 6.18 Å². The Morgan fingerprint density at radius 2 is 2.06 bits per heavy atom. The molecule has 1 rings (SSSR count). The Labute approximate surface area is 93.1 Å². The fourth-order valence-electron chi connectivity index (χ4n) is 0.974. The molecular weight excluding hydrogens is 242 g/mol. The van der Waals surface area contributed by atoms with Crippen molar-refractivity contribution in [3.8, 4) is 0 Å². The molecule has 0 saturated heterocycles. The third kappa shape index (κ3) is 3.74. The average molecular weight is 249 g/mol. The highest BCUT2D eigenvalue weighted by Crippen LogP contribution is 2.29. The molecule has 0 bridgehead atoms. The number of nitrogens with two attached hydrogens (primary N) is 1. The zero-order chi connectivity index (χ0) is 13.1. The van der Waals surface area contributed by atoms with E-state index in [9.17, 15) is 22.4 Å². The van der Waals surface area contributed by atoms with Crippen LogP contribution in [0.25, 0.3) is 0 Å². The summed E-state index contributed by atoms with van der Waals surface area (Å²) < 4.78 is 49.7. The molecule has 0 atom stereocenters. The van der Waals surface area contributed by atoms with Crippen molar-refractivity contribution in [2.75, 3.05) is 0 Å². The van der Waals surface area contributed by atoms with E-state index in [1.165, 1.54) is 0 Å². The van der Waals surface area contributed by atoms with Gasteiger partial charge in [0.25, 0.3) is 0 Å². The molecule has 1 aromatic rings. The van der Waals surface area contributed by atoms with E-state index < -0.39 is 23.6 Å². The van der Waals surface area contributed by atoms with Crippen LogP contribution in [-0.2, 0) is 6.18 Å². The molecule has 0 fully saturated rings. The van der Waals surface area contributed by atoms with Crippen molar-refractivity contribution in [2.24, 2.45) is 10.8 Å². The van der Waals surface area contributed by atoms with Gasteiger partial charge in [-0.1, -0.05) is 0 Å². The Bertz CT molecular complexity index is 456. The second kappa shape index (κ2) is 4.81. The van der Waals surface area contributed by atoms with Crippen molar-refractivity contribution in [1.29, 1.82) is 0 Å². The van der Waals surface area contributed by atoms with E-state index in [0.717, 1.165) is 12.3 Å². The molecule has 0 aliphatic heterocycles. The van der Waals surface area contributed by atoms with E-state index in [1.54, 1.807) is 5.43 Å². The molecular formula is C9H7F4N3O. The predicted octanol–water partition coefficient (Wildman–Crippen LogP) is 1.85. The number of halogens is 4. The van der Waals surface area contributed by atoms with E-state index in [4.69, 9.17) is 0 Å². The largest absolute Gasteiger partial charge is 0.416 e. The van der Waals surface area contributed by atoms with Crippen molar-refractivity contribution in [1.82, 2.24) is 5.43 Å². The van der Waals surface area contributed by atoms with Crippen LogP contribution >= 0.6 is 0 Å². The Hall–Kier alpha value is -2.12. The van der Waals surface area contributed by atoms with Crippen LogP contribution in [0.2, 0.25) is 0 Å². The van der Waals surface area contributed by atoms with Gasteiger partial charge in [-0.3, -0.25) is 0 Å². The maximum Gasteiger partial charge on any atom is 0.416 e. The minimum absolute atomic E-state index is 0.202. The topological polar surface area (TPSA) is 67.5 Å². The van der Waals surface area contributed by atoms with Gasteiger partial charge in [0.05, 0.1) is 11.8 Å². The first-order valence-corrected chi connectivity index (χ1v) is 4.26. The van der Waals surface area contributed by atoms with Gasteiger partial charge in [0.15, 0.2) is 0 Å². The summed E-state index contributed by atoms with van der Waals surface area (Å²) >= 11 is 0. The first-order valence-electron chi connectivity index (χ1n) is 4.26. The number of hydrogen-bond acceptors (Lipinski definition) is 2. The van der Waals surface area contributed by atoms with Gasteiger partial charge in [-0.25, -0.2) is 14.6 Å². The van der Waals surface area contributed by atoms with Crippen LogP contribution in [0.1, 0.15) is 11.1 Å². The lowest BCUT2D eigenvalue weighted by Crippen LogP contribution is -2.24. The molecule has 0 aliphatic rings. The Morgan fingerprint density at radius 1 is 1.41 bits per heavy atom. The predicted molar refractivity (Wildman–Crippen MR) is 51.7 cm³/mol. The molecule has 17 heavy (non-hydrogen) atoms. The molecule has 2 amide bonds. The molecule has 1 aromatic carbocycles. The maximum absolute atomic E-state index is 13.2. The van der Waals surface area contributed by atoms with E-state index in [2.05, 4.69) is 10.8 Å². The number of amides is 2. The number of urea groups is 1. The smallest absolute Gasteiger partial charge is 0.350 e. The molecule has 0 saturated carbocycles. The maximum atomic E-state index is 13.2. The highest BCUT2D eigenvalue weighted by Gasteiger charge is 2.30. The van der Waals surface area contributed by atoms with Gasteiger partial charge < -0.3 is 5.73 Å². The average Bonchev–Trinajstić information content (AvgIpc) is 2.18. The molecule has 0 spiro atoms. The van der Waals surface area contributed by atoms with Crippen molar-refractivity contribution >= 4 is 12.2 Å². The summed E-state index contributed by atoms with van der Waals surface area (Å²) in [5, 5.41) is 3.22. The second-order valence-corrected chi connectivity index (χ2v) is 2.97. The minimum Gasteiger partial charge on any atom is -0.350 e. The first kappa shape index (κ1) is 12.9. The number of nitrogens with zero attached hydrogens (tertiary/aromatic N) is 1. The SMILES string of the molecule is NC(=O)NN=Cc1ccc(C(F)(F)F)cc1F. The molecule has 0 aliphatic carbocycles. The number of hydrazone groups is 1. The van der Waals surface area contributed by atoms with Crippen LogP contribution < -0.4 is 11.2 Å². The quantitative estimate of drug-likeness (QED) is 0.468. The lowest BCUT2D eigenvalue weighted by Gasteiger charge is -2.06. The lowest BCUT2D eigenvalue weighted by atomic mass is 10.1. The van der Waals surface area contributed by atoms with Crippen LogP contribution in [0.4, 0.5) is 22.4 Å². The zero-order valence-electron chi connectivity index (χ0n) is 8.25. The number of benzene rings is 1. The Morgan fingerprint density at radius 3 is 2.53 bits per heavy atom. The number of nitrogens with one attached hydrogen (secondary N) is 1. The lowest BCUT2D eigenvalue weighted by molar-refractivity contribution is -0.137. The van der Waals surface area contributed by atoms with Gasteiger partial charge in [0.2, 0.25) is 0 Å². The summed E-state index contributed by atoms with van der Waals surface area (Å²) in [7, 11) is 0. The van der Waals surface area contributed by atoms with Crippen LogP contribution in [-0.4, -0.2) is 12.2 Å². The van der Waals surface area contributed by atoms with Gasteiger partial charge in [-0.2, -0.15) is 18.3 Å². The van der Waals surface area contributed by atoms with Gasteiger partial charge in [0, 0.05) is 5.56 Å². The summed E-state index contributed by atoms with van der Waals surface area (Å²) in [6.45, 7) is 0. The third-order valence-corrected chi connectivity index (χ3v) is 1.71. The standard InChI is InChI=1S/C9H7F4N3O/c10-7-3-6(9(11,12)13)2-1-5(7)4-15-16-8(14)17/h1-4H,(H3,14,16,17). The van der Waals surface area contributed by atoms with Gasteiger partial charge in [0.1, 0.15) is 5.82 Å². The monoisotopic (exact) mass is 249 g/mol. The number of carbonyl (C=O) groups is 1. The van der Waals surface area contributed by atoms with Crippen molar-refractivity contribution in [3.63, 3.8) is 0 Å². The van der Waals surface area contributed by atoms with Crippen LogP contribution in [0, 0.1) is 5.82 Å². The number of alkyl halides is 3. The van der Waals surface area contributed by atoms with E-state index in [1.807, 2.05) is 0 Å². The van der Waals surface area contributed by atoms with E-state index in [-0.39, 0.29) is 5.56 Å². The Balaban J connectivity index is 2.91.